The summed E-state index contributed by atoms with van der Waals surface area (Å²) in [7, 11) is 1.52. The van der Waals surface area contributed by atoms with E-state index in [9.17, 15) is 9.59 Å². The number of ether oxygens (including phenoxy) is 3. The van der Waals surface area contributed by atoms with E-state index in [0.717, 1.165) is 30.5 Å². The molecule has 1 aliphatic rings. The van der Waals surface area contributed by atoms with E-state index in [4.69, 9.17) is 14.2 Å². The van der Waals surface area contributed by atoms with Crippen molar-refractivity contribution in [3.8, 4) is 11.5 Å². The Hall–Kier alpha value is -3.02. The maximum absolute atomic E-state index is 12.7. The van der Waals surface area contributed by atoms with E-state index >= 15 is 0 Å². The van der Waals surface area contributed by atoms with Crippen molar-refractivity contribution in [3.63, 3.8) is 0 Å². The Bertz CT molecular complexity index is 893. The molecule has 6 nitrogen and oxygen atoms in total. The quantitative estimate of drug-likeness (QED) is 0.608. The zero-order valence-electron chi connectivity index (χ0n) is 17.8. The van der Waals surface area contributed by atoms with Gasteiger partial charge in [0.25, 0.3) is 5.91 Å². The van der Waals surface area contributed by atoms with E-state index in [1.54, 1.807) is 23.1 Å². The summed E-state index contributed by atoms with van der Waals surface area (Å²) in [5.41, 5.74) is 2.35. The molecule has 6 heteroatoms. The molecule has 0 aliphatic carbocycles. The van der Waals surface area contributed by atoms with E-state index < -0.39 is 5.97 Å². The predicted molar refractivity (Wildman–Crippen MR) is 115 cm³/mol. The van der Waals surface area contributed by atoms with E-state index in [-0.39, 0.29) is 12.5 Å². The van der Waals surface area contributed by atoms with E-state index in [1.165, 1.54) is 7.11 Å². The molecule has 0 spiro atoms. The van der Waals surface area contributed by atoms with Crippen molar-refractivity contribution in [1.82, 2.24) is 0 Å². The fourth-order valence-electron chi connectivity index (χ4n) is 3.40. The molecular weight excluding hydrogens is 382 g/mol. The number of nitrogens with zero attached hydrogens (tertiary/aromatic N) is 1. The van der Waals surface area contributed by atoms with Gasteiger partial charge in [0, 0.05) is 12.2 Å². The highest BCUT2D eigenvalue weighted by molar-refractivity contribution is 5.98. The van der Waals surface area contributed by atoms with Crippen molar-refractivity contribution in [2.24, 2.45) is 5.92 Å². The molecule has 0 N–H and O–H groups in total. The van der Waals surface area contributed by atoms with Gasteiger partial charge in [-0.2, -0.15) is 0 Å². The van der Waals surface area contributed by atoms with Gasteiger partial charge >= 0.3 is 5.97 Å². The van der Waals surface area contributed by atoms with Gasteiger partial charge in [-0.05, 0) is 55.0 Å². The minimum absolute atomic E-state index is 0.226. The smallest absolute Gasteiger partial charge is 0.338 e. The molecule has 160 valence electrons. The first-order valence-electron chi connectivity index (χ1n) is 10.4. The summed E-state index contributed by atoms with van der Waals surface area (Å²) < 4.78 is 16.4. The van der Waals surface area contributed by atoms with Gasteiger partial charge in [-0.1, -0.05) is 32.0 Å². The number of hydrogen-bond donors (Lipinski definition) is 0. The summed E-state index contributed by atoms with van der Waals surface area (Å²) in [6.45, 7) is 5.16. The van der Waals surface area contributed by atoms with Gasteiger partial charge in [0.1, 0.15) is 0 Å². The second-order valence-corrected chi connectivity index (χ2v) is 7.75. The number of fused-ring (bicyclic) bond motifs is 1. The second kappa shape index (κ2) is 10.1. The first-order chi connectivity index (χ1) is 14.5. The largest absolute Gasteiger partial charge is 0.493 e. The van der Waals surface area contributed by atoms with Crippen molar-refractivity contribution in [3.05, 3.63) is 53.6 Å². The van der Waals surface area contributed by atoms with Crippen LogP contribution in [0.3, 0.4) is 0 Å². The lowest BCUT2D eigenvalue weighted by atomic mass is 10.0. The molecule has 1 amide bonds. The standard InChI is InChI=1S/C24H29NO5/c1-17(2)12-14-29-21-11-10-19(15-22(21)28-3)24(27)30-16-23(26)25-13-6-8-18-7-4-5-9-20(18)25/h4-5,7,9-11,15,17H,6,8,12-14,16H2,1-3H3. The molecule has 0 saturated heterocycles. The van der Waals surface area contributed by atoms with Gasteiger partial charge in [0.2, 0.25) is 0 Å². The number of methoxy groups -OCH3 is 1. The molecule has 0 aromatic heterocycles. The molecule has 2 aromatic carbocycles. The molecule has 0 saturated carbocycles. The van der Waals surface area contributed by atoms with Gasteiger partial charge in [-0.15, -0.1) is 0 Å². The highest BCUT2D eigenvalue weighted by Crippen LogP contribution is 2.29. The fourth-order valence-corrected chi connectivity index (χ4v) is 3.40. The monoisotopic (exact) mass is 411 g/mol. The molecule has 30 heavy (non-hydrogen) atoms. The van der Waals surface area contributed by atoms with Crippen molar-refractivity contribution in [2.45, 2.75) is 33.1 Å². The number of hydrogen-bond acceptors (Lipinski definition) is 5. The number of para-hydroxylation sites is 1. The van der Waals surface area contributed by atoms with Crippen LogP contribution in [0.15, 0.2) is 42.5 Å². The summed E-state index contributed by atoms with van der Waals surface area (Å²) in [6.07, 6.45) is 2.77. The molecule has 1 heterocycles. The Labute approximate surface area is 177 Å². The summed E-state index contributed by atoms with van der Waals surface area (Å²) >= 11 is 0. The molecule has 0 fully saturated rings. The Morgan fingerprint density at radius 1 is 1.10 bits per heavy atom. The van der Waals surface area contributed by atoms with E-state index in [0.29, 0.717) is 36.1 Å². The lowest BCUT2D eigenvalue weighted by molar-refractivity contribution is -0.121. The Balaban J connectivity index is 1.60. The molecular formula is C24H29NO5. The summed E-state index contributed by atoms with van der Waals surface area (Å²) in [4.78, 5) is 26.8. The third-order valence-electron chi connectivity index (χ3n) is 5.09. The Kier molecular flexibility index (Phi) is 7.33. The minimum Gasteiger partial charge on any atom is -0.493 e. The average Bonchev–Trinajstić information content (AvgIpc) is 2.76. The van der Waals surface area contributed by atoms with Crippen LogP contribution in [0, 0.1) is 5.92 Å². The lowest BCUT2D eigenvalue weighted by Crippen LogP contribution is -2.38. The maximum atomic E-state index is 12.7. The maximum Gasteiger partial charge on any atom is 0.338 e. The van der Waals surface area contributed by atoms with Crippen LogP contribution in [0.25, 0.3) is 0 Å². The van der Waals surface area contributed by atoms with Crippen LogP contribution < -0.4 is 14.4 Å². The van der Waals surface area contributed by atoms with Crippen LogP contribution >= 0.6 is 0 Å². The zero-order chi connectivity index (χ0) is 21.5. The minimum atomic E-state index is -0.569. The molecule has 0 atom stereocenters. The normalized spacial score (nSPS) is 13.0. The van der Waals surface area contributed by atoms with Crippen LogP contribution in [0.1, 0.15) is 42.6 Å². The number of amides is 1. The van der Waals surface area contributed by atoms with Crippen LogP contribution in [-0.4, -0.2) is 38.7 Å². The van der Waals surface area contributed by atoms with Crippen LogP contribution in [0.2, 0.25) is 0 Å². The van der Waals surface area contributed by atoms with Crippen LogP contribution in [-0.2, 0) is 16.0 Å². The van der Waals surface area contributed by atoms with Crippen LogP contribution in [0.5, 0.6) is 11.5 Å². The van der Waals surface area contributed by atoms with Gasteiger partial charge in [0.05, 0.1) is 19.3 Å². The summed E-state index contributed by atoms with van der Waals surface area (Å²) in [6, 6.07) is 12.7. The number of aryl methyl sites for hydroxylation is 1. The van der Waals surface area contributed by atoms with Crippen LogP contribution in [0.4, 0.5) is 5.69 Å². The Morgan fingerprint density at radius 2 is 1.90 bits per heavy atom. The number of benzene rings is 2. The van der Waals surface area contributed by atoms with Crippen molar-refractivity contribution in [1.29, 1.82) is 0 Å². The van der Waals surface area contributed by atoms with E-state index in [1.807, 2.05) is 24.3 Å². The topological polar surface area (TPSA) is 65.1 Å². The predicted octanol–water partition coefficient (Wildman–Crippen LogP) is 4.26. The van der Waals surface area contributed by atoms with Gasteiger partial charge in [-0.3, -0.25) is 4.79 Å². The van der Waals surface area contributed by atoms with Crippen molar-refractivity contribution < 1.29 is 23.8 Å². The molecule has 0 unspecified atom stereocenters. The molecule has 1 aliphatic heterocycles. The first kappa shape index (κ1) is 21.7. The Morgan fingerprint density at radius 3 is 2.67 bits per heavy atom. The number of anilines is 1. The van der Waals surface area contributed by atoms with Gasteiger partial charge < -0.3 is 19.1 Å². The van der Waals surface area contributed by atoms with Crippen molar-refractivity contribution in [2.75, 3.05) is 31.8 Å². The highest BCUT2D eigenvalue weighted by Gasteiger charge is 2.23. The summed E-state index contributed by atoms with van der Waals surface area (Å²) in [5.74, 6) is 0.784. The first-order valence-corrected chi connectivity index (χ1v) is 10.4. The average molecular weight is 411 g/mol. The molecule has 3 rings (SSSR count). The van der Waals surface area contributed by atoms with Crippen molar-refractivity contribution >= 4 is 17.6 Å². The molecule has 0 bridgehead atoms. The second-order valence-electron chi connectivity index (χ2n) is 7.75. The number of esters is 1. The third kappa shape index (κ3) is 5.32. The third-order valence-corrected chi connectivity index (χ3v) is 5.09. The SMILES string of the molecule is COc1cc(C(=O)OCC(=O)N2CCCc3ccccc32)ccc1OCCC(C)C. The number of rotatable bonds is 8. The van der Waals surface area contributed by atoms with Gasteiger partial charge in [0.15, 0.2) is 18.1 Å². The number of carbonyl (C=O) groups is 2. The van der Waals surface area contributed by atoms with E-state index in [2.05, 4.69) is 13.8 Å². The lowest BCUT2D eigenvalue weighted by Gasteiger charge is -2.29. The zero-order valence-corrected chi connectivity index (χ0v) is 17.8. The van der Waals surface area contributed by atoms with Gasteiger partial charge in [-0.25, -0.2) is 4.79 Å². The number of carbonyl (C=O) groups excluding carboxylic acids is 2. The fraction of sp³-hybridized carbons (Fsp3) is 0.417. The molecule has 2 aromatic rings. The summed E-state index contributed by atoms with van der Waals surface area (Å²) in [5, 5.41) is 0. The highest BCUT2D eigenvalue weighted by atomic mass is 16.5. The molecule has 0 radical (unpaired) electrons.